The maximum Gasteiger partial charge on any atom is 0.257 e. The molecule has 6 heteroatoms. The van der Waals surface area contributed by atoms with Gasteiger partial charge in [0.1, 0.15) is 0 Å². The van der Waals surface area contributed by atoms with Crippen LogP contribution in [-0.4, -0.2) is 58.0 Å². The molecule has 2 rings (SSSR count). The van der Waals surface area contributed by atoms with Crippen LogP contribution in [0.2, 0.25) is 0 Å². The highest BCUT2D eigenvalue weighted by Gasteiger charge is 2.25. The molecule has 1 N–H and O–H groups in total. The van der Waals surface area contributed by atoms with Gasteiger partial charge in [-0.15, -0.1) is 0 Å². The van der Waals surface area contributed by atoms with Crippen LogP contribution in [0.5, 0.6) is 0 Å². The third-order valence-corrected chi connectivity index (χ3v) is 3.78. The van der Waals surface area contributed by atoms with E-state index in [2.05, 4.69) is 10.2 Å². The smallest absolute Gasteiger partial charge is 0.257 e. The molecule has 0 bridgehead atoms. The second-order valence-corrected chi connectivity index (χ2v) is 5.19. The number of aryl methyl sites for hydroxylation is 2. The number of nitrogens with one attached hydrogen (secondary N) is 1. The molecule has 0 aromatic carbocycles. The van der Waals surface area contributed by atoms with E-state index in [4.69, 9.17) is 0 Å². The van der Waals surface area contributed by atoms with Gasteiger partial charge < -0.3 is 9.80 Å². The van der Waals surface area contributed by atoms with Gasteiger partial charge in [0.25, 0.3) is 5.91 Å². The van der Waals surface area contributed by atoms with Crippen molar-refractivity contribution in [3.8, 4) is 0 Å². The predicted octanol–water partition coefficient (Wildman–Crippen LogP) is 1.11. The quantitative estimate of drug-likeness (QED) is 0.881. The van der Waals surface area contributed by atoms with Crippen LogP contribution in [0, 0.1) is 13.8 Å². The van der Waals surface area contributed by atoms with E-state index in [-0.39, 0.29) is 11.8 Å². The lowest BCUT2D eigenvalue weighted by atomic mass is 10.1. The summed E-state index contributed by atoms with van der Waals surface area (Å²) in [5, 5.41) is 6.92. The van der Waals surface area contributed by atoms with E-state index in [1.54, 1.807) is 0 Å². The number of amides is 2. The molecule has 0 unspecified atom stereocenters. The zero-order valence-electron chi connectivity index (χ0n) is 12.4. The zero-order valence-corrected chi connectivity index (χ0v) is 12.4. The van der Waals surface area contributed by atoms with E-state index in [1.165, 1.54) is 0 Å². The molecule has 1 saturated heterocycles. The molecule has 1 fully saturated rings. The third-order valence-electron chi connectivity index (χ3n) is 3.78. The maximum atomic E-state index is 12.6. The summed E-state index contributed by atoms with van der Waals surface area (Å²) in [5.74, 6) is 0.175. The highest BCUT2D eigenvalue weighted by atomic mass is 16.2. The molecule has 0 aliphatic carbocycles. The Bertz CT molecular complexity index is 490. The largest absolute Gasteiger partial charge is 0.341 e. The number of nitrogens with zero attached hydrogens (tertiary/aromatic N) is 3. The molecule has 0 saturated carbocycles. The number of aromatic amines is 1. The minimum absolute atomic E-state index is 0.0135. The summed E-state index contributed by atoms with van der Waals surface area (Å²) >= 11 is 0. The maximum absolute atomic E-state index is 12.6. The molecule has 110 valence electrons. The standard InChI is InChI=1S/C14H22N4O2/c1-4-12(19)17-6-5-7-18(9-8-17)14(20)13-10(2)15-16-11(13)3/h4-9H2,1-3H3,(H,15,16). The highest BCUT2D eigenvalue weighted by molar-refractivity contribution is 5.96. The van der Waals surface area contributed by atoms with Gasteiger partial charge >= 0.3 is 0 Å². The summed E-state index contributed by atoms with van der Waals surface area (Å²) in [4.78, 5) is 28.0. The molecular weight excluding hydrogens is 256 g/mol. The van der Waals surface area contributed by atoms with Gasteiger partial charge in [0, 0.05) is 38.3 Å². The van der Waals surface area contributed by atoms with Crippen LogP contribution in [0.15, 0.2) is 0 Å². The molecule has 1 aliphatic heterocycles. The van der Waals surface area contributed by atoms with E-state index >= 15 is 0 Å². The van der Waals surface area contributed by atoms with E-state index < -0.39 is 0 Å². The minimum atomic E-state index is 0.0135. The Labute approximate surface area is 119 Å². The predicted molar refractivity (Wildman–Crippen MR) is 75.5 cm³/mol. The van der Waals surface area contributed by atoms with Gasteiger partial charge in [-0.25, -0.2) is 0 Å². The number of aromatic nitrogens is 2. The van der Waals surface area contributed by atoms with E-state index in [1.807, 2.05) is 30.6 Å². The first-order valence-corrected chi connectivity index (χ1v) is 7.13. The van der Waals surface area contributed by atoms with Gasteiger partial charge in [-0.2, -0.15) is 5.10 Å². The SMILES string of the molecule is CCC(=O)N1CCCN(C(=O)c2c(C)n[nH]c2C)CC1. The fraction of sp³-hybridized carbons (Fsp3) is 0.643. The van der Waals surface area contributed by atoms with Crippen LogP contribution in [-0.2, 0) is 4.79 Å². The van der Waals surface area contributed by atoms with Crippen molar-refractivity contribution < 1.29 is 9.59 Å². The molecule has 2 amide bonds. The average Bonchev–Trinajstić information content (AvgIpc) is 2.67. The number of carbonyl (C=O) groups is 2. The Hall–Kier alpha value is -1.85. The summed E-state index contributed by atoms with van der Waals surface area (Å²) in [6, 6.07) is 0. The van der Waals surface area contributed by atoms with Gasteiger partial charge in [0.2, 0.25) is 5.91 Å². The normalized spacial score (nSPS) is 16.1. The van der Waals surface area contributed by atoms with Crippen LogP contribution in [0.4, 0.5) is 0 Å². The number of rotatable bonds is 2. The fourth-order valence-corrected chi connectivity index (χ4v) is 2.62. The lowest BCUT2D eigenvalue weighted by Crippen LogP contribution is -2.37. The lowest BCUT2D eigenvalue weighted by molar-refractivity contribution is -0.130. The number of hydrogen-bond donors (Lipinski definition) is 1. The highest BCUT2D eigenvalue weighted by Crippen LogP contribution is 2.15. The molecule has 1 aromatic heterocycles. The van der Waals surface area contributed by atoms with Crippen molar-refractivity contribution in [2.24, 2.45) is 0 Å². The van der Waals surface area contributed by atoms with Crippen LogP contribution in [0.1, 0.15) is 41.5 Å². The van der Waals surface area contributed by atoms with Crippen molar-refractivity contribution in [1.29, 1.82) is 0 Å². The number of hydrogen-bond acceptors (Lipinski definition) is 3. The molecule has 0 spiro atoms. The lowest BCUT2D eigenvalue weighted by Gasteiger charge is -2.22. The molecule has 6 nitrogen and oxygen atoms in total. The first-order valence-electron chi connectivity index (χ1n) is 7.13. The second-order valence-electron chi connectivity index (χ2n) is 5.19. The van der Waals surface area contributed by atoms with Crippen molar-refractivity contribution in [3.05, 3.63) is 17.0 Å². The van der Waals surface area contributed by atoms with Gasteiger partial charge in [-0.3, -0.25) is 14.7 Å². The number of carbonyl (C=O) groups excluding carboxylic acids is 2. The zero-order chi connectivity index (χ0) is 14.7. The third kappa shape index (κ3) is 2.84. The van der Waals surface area contributed by atoms with Gasteiger partial charge in [0.05, 0.1) is 11.3 Å². The minimum Gasteiger partial charge on any atom is -0.341 e. The van der Waals surface area contributed by atoms with Gasteiger partial charge in [0.15, 0.2) is 0 Å². The molecule has 20 heavy (non-hydrogen) atoms. The first kappa shape index (κ1) is 14.6. The van der Waals surface area contributed by atoms with E-state index in [0.29, 0.717) is 31.6 Å². The average molecular weight is 278 g/mol. The Kier molecular flexibility index (Phi) is 4.42. The van der Waals surface area contributed by atoms with Gasteiger partial charge in [-0.05, 0) is 20.3 Å². The van der Waals surface area contributed by atoms with Gasteiger partial charge in [-0.1, -0.05) is 6.92 Å². The summed E-state index contributed by atoms with van der Waals surface area (Å²) in [7, 11) is 0. The first-order chi connectivity index (χ1) is 9.54. The fourth-order valence-electron chi connectivity index (χ4n) is 2.62. The topological polar surface area (TPSA) is 69.3 Å². The molecule has 0 radical (unpaired) electrons. The van der Waals surface area contributed by atoms with Crippen molar-refractivity contribution in [3.63, 3.8) is 0 Å². The van der Waals surface area contributed by atoms with Crippen LogP contribution < -0.4 is 0 Å². The van der Waals surface area contributed by atoms with Crippen molar-refractivity contribution in [1.82, 2.24) is 20.0 Å². The number of H-pyrrole nitrogens is 1. The molecule has 1 aromatic rings. The van der Waals surface area contributed by atoms with Crippen molar-refractivity contribution >= 4 is 11.8 Å². The Morgan fingerprint density at radius 3 is 2.40 bits per heavy atom. The summed E-state index contributed by atoms with van der Waals surface area (Å²) < 4.78 is 0. The second kappa shape index (κ2) is 6.07. The molecule has 0 atom stereocenters. The Morgan fingerprint density at radius 2 is 1.80 bits per heavy atom. The van der Waals surface area contributed by atoms with Crippen LogP contribution in [0.3, 0.4) is 0 Å². The summed E-state index contributed by atoms with van der Waals surface area (Å²) in [6.45, 7) is 8.20. The van der Waals surface area contributed by atoms with E-state index in [0.717, 1.165) is 24.4 Å². The Morgan fingerprint density at radius 1 is 1.15 bits per heavy atom. The van der Waals surface area contributed by atoms with Crippen molar-refractivity contribution in [2.75, 3.05) is 26.2 Å². The van der Waals surface area contributed by atoms with E-state index in [9.17, 15) is 9.59 Å². The van der Waals surface area contributed by atoms with Crippen LogP contribution >= 0.6 is 0 Å². The monoisotopic (exact) mass is 278 g/mol. The summed E-state index contributed by atoms with van der Waals surface area (Å²) in [5.41, 5.74) is 2.21. The summed E-state index contributed by atoms with van der Waals surface area (Å²) in [6.07, 6.45) is 1.35. The Balaban J connectivity index is 2.07. The molecular formula is C14H22N4O2. The van der Waals surface area contributed by atoms with Crippen LogP contribution in [0.25, 0.3) is 0 Å². The molecule has 2 heterocycles. The van der Waals surface area contributed by atoms with Crippen molar-refractivity contribution in [2.45, 2.75) is 33.6 Å². The molecule has 1 aliphatic rings.